The average Bonchev–Trinajstić information content (AvgIpc) is 2.81. The molecule has 2 heterocycles. The van der Waals surface area contributed by atoms with Crippen molar-refractivity contribution in [2.24, 2.45) is 0 Å². The van der Waals surface area contributed by atoms with E-state index in [-0.39, 0.29) is 6.42 Å². The van der Waals surface area contributed by atoms with Gasteiger partial charge in [-0.3, -0.25) is 4.90 Å². The van der Waals surface area contributed by atoms with E-state index >= 15 is 0 Å². The smallest absolute Gasteiger partial charge is 0.181 e. The lowest BCUT2D eigenvalue weighted by molar-refractivity contribution is -0.372. The highest BCUT2D eigenvalue weighted by molar-refractivity contribution is 5.33. The summed E-state index contributed by atoms with van der Waals surface area (Å²) in [5.74, 6) is 0. The Labute approximate surface area is 176 Å². The average molecular weight is 415 g/mol. The van der Waals surface area contributed by atoms with Gasteiger partial charge in [-0.1, -0.05) is 60.7 Å². The Balaban J connectivity index is 1.91. The monoisotopic (exact) mass is 415 g/mol. The molecule has 0 spiro atoms. The molecular weight excluding hydrogens is 386 g/mol. The molecule has 5 atom stereocenters. The molecule has 162 valence electrons. The highest BCUT2D eigenvalue weighted by atomic mass is 16.6. The van der Waals surface area contributed by atoms with Crippen LogP contribution in [-0.2, 0) is 21.5 Å². The van der Waals surface area contributed by atoms with Crippen LogP contribution in [0.25, 0.3) is 0 Å². The number of hydrogen-bond acceptors (Lipinski definition) is 7. The SMILES string of the molecule is OCC1OC(Cc2ccccc2)(c2ccccc2)C(O)(N2CCOCC2)C(O)C1O. The second-order valence-electron chi connectivity index (χ2n) is 7.96. The minimum Gasteiger partial charge on any atom is -0.394 e. The first-order valence-electron chi connectivity index (χ1n) is 10.3. The normalized spacial score (nSPS) is 35.3. The fourth-order valence-corrected chi connectivity index (χ4v) is 4.73. The van der Waals surface area contributed by atoms with E-state index < -0.39 is 36.2 Å². The van der Waals surface area contributed by atoms with Crippen LogP contribution in [0.4, 0.5) is 0 Å². The Kier molecular flexibility index (Phi) is 6.22. The number of aliphatic hydroxyl groups excluding tert-OH is 3. The number of ether oxygens (including phenoxy) is 2. The van der Waals surface area contributed by atoms with Crippen molar-refractivity contribution >= 4 is 0 Å². The molecule has 0 amide bonds. The van der Waals surface area contributed by atoms with Crippen LogP contribution in [0.2, 0.25) is 0 Å². The fourth-order valence-electron chi connectivity index (χ4n) is 4.73. The zero-order chi connectivity index (χ0) is 21.2. The maximum atomic E-state index is 12.2. The van der Waals surface area contributed by atoms with Gasteiger partial charge >= 0.3 is 0 Å². The minimum absolute atomic E-state index is 0.242. The first-order chi connectivity index (χ1) is 14.5. The molecule has 2 saturated heterocycles. The van der Waals surface area contributed by atoms with Gasteiger partial charge in [-0.25, -0.2) is 0 Å². The molecule has 2 aromatic rings. The Morgan fingerprint density at radius 3 is 2.13 bits per heavy atom. The van der Waals surface area contributed by atoms with Gasteiger partial charge in [-0.15, -0.1) is 0 Å². The molecule has 0 radical (unpaired) electrons. The molecule has 2 aliphatic heterocycles. The lowest BCUT2D eigenvalue weighted by Crippen LogP contribution is -2.78. The third-order valence-corrected chi connectivity index (χ3v) is 6.27. The molecule has 7 heteroatoms. The van der Waals surface area contributed by atoms with Crippen molar-refractivity contribution in [3.63, 3.8) is 0 Å². The van der Waals surface area contributed by atoms with Crippen molar-refractivity contribution in [1.82, 2.24) is 4.90 Å². The zero-order valence-corrected chi connectivity index (χ0v) is 16.8. The first kappa shape index (κ1) is 21.4. The summed E-state index contributed by atoms with van der Waals surface area (Å²) in [6.45, 7) is 1.05. The summed E-state index contributed by atoms with van der Waals surface area (Å²) in [5.41, 5.74) is -1.82. The molecule has 30 heavy (non-hydrogen) atoms. The van der Waals surface area contributed by atoms with Crippen LogP contribution >= 0.6 is 0 Å². The molecule has 2 aliphatic rings. The van der Waals surface area contributed by atoms with Crippen molar-refractivity contribution in [3.8, 4) is 0 Å². The summed E-state index contributed by atoms with van der Waals surface area (Å²) in [5, 5.41) is 44.1. The van der Waals surface area contributed by atoms with Gasteiger partial charge in [0, 0.05) is 19.5 Å². The summed E-state index contributed by atoms with van der Waals surface area (Å²) in [4.78, 5) is 1.73. The maximum absolute atomic E-state index is 12.2. The molecule has 0 bridgehead atoms. The van der Waals surface area contributed by atoms with Gasteiger partial charge in [-0.05, 0) is 11.1 Å². The predicted molar refractivity (Wildman–Crippen MR) is 110 cm³/mol. The fraction of sp³-hybridized carbons (Fsp3) is 0.478. The van der Waals surface area contributed by atoms with Gasteiger partial charge < -0.3 is 29.9 Å². The van der Waals surface area contributed by atoms with Gasteiger partial charge in [0.25, 0.3) is 0 Å². The van der Waals surface area contributed by atoms with Crippen molar-refractivity contribution in [3.05, 3.63) is 71.8 Å². The quantitative estimate of drug-likeness (QED) is 0.556. The lowest BCUT2D eigenvalue weighted by atomic mass is 9.70. The summed E-state index contributed by atoms with van der Waals surface area (Å²) in [6, 6.07) is 18.8. The van der Waals surface area contributed by atoms with Crippen molar-refractivity contribution in [1.29, 1.82) is 0 Å². The van der Waals surface area contributed by atoms with Crippen LogP contribution in [0.15, 0.2) is 60.7 Å². The standard InChI is InChI=1S/C23H29NO6/c25-16-19-20(26)21(27)23(28,24-11-13-29-14-12-24)22(30-19,18-9-5-2-6-10-18)15-17-7-3-1-4-8-17/h1-10,19-21,25-28H,11-16H2. The van der Waals surface area contributed by atoms with E-state index in [4.69, 9.17) is 9.47 Å². The van der Waals surface area contributed by atoms with E-state index in [0.29, 0.717) is 31.9 Å². The van der Waals surface area contributed by atoms with Crippen molar-refractivity contribution in [2.75, 3.05) is 32.9 Å². The molecule has 0 saturated carbocycles. The number of benzene rings is 2. The summed E-state index contributed by atoms with van der Waals surface area (Å²) < 4.78 is 11.8. The van der Waals surface area contributed by atoms with Crippen LogP contribution in [0.5, 0.6) is 0 Å². The largest absolute Gasteiger partial charge is 0.394 e. The number of hydrogen-bond donors (Lipinski definition) is 4. The van der Waals surface area contributed by atoms with Crippen molar-refractivity contribution < 1.29 is 29.9 Å². The predicted octanol–water partition coefficient (Wildman–Crippen LogP) is 0.258. The van der Waals surface area contributed by atoms with Gasteiger partial charge in [-0.2, -0.15) is 0 Å². The van der Waals surface area contributed by atoms with E-state index in [0.717, 1.165) is 5.56 Å². The highest BCUT2D eigenvalue weighted by Crippen LogP contribution is 2.49. The molecule has 2 aromatic carbocycles. The van der Waals surface area contributed by atoms with Gasteiger partial charge in [0.2, 0.25) is 0 Å². The van der Waals surface area contributed by atoms with Crippen LogP contribution in [0, 0.1) is 0 Å². The number of rotatable bonds is 5. The Morgan fingerprint density at radius 1 is 0.933 bits per heavy atom. The number of aliphatic hydroxyl groups is 4. The van der Waals surface area contributed by atoms with E-state index in [1.54, 1.807) is 4.90 Å². The Morgan fingerprint density at radius 2 is 1.53 bits per heavy atom. The van der Waals surface area contributed by atoms with Crippen LogP contribution in [0.3, 0.4) is 0 Å². The maximum Gasteiger partial charge on any atom is 0.181 e. The first-order valence-corrected chi connectivity index (χ1v) is 10.3. The van der Waals surface area contributed by atoms with E-state index in [9.17, 15) is 20.4 Å². The van der Waals surface area contributed by atoms with E-state index in [2.05, 4.69) is 0 Å². The van der Waals surface area contributed by atoms with Crippen LogP contribution in [0.1, 0.15) is 11.1 Å². The Bertz CT molecular complexity index is 815. The molecule has 5 unspecified atom stereocenters. The van der Waals surface area contributed by atoms with Gasteiger partial charge in [0.15, 0.2) is 5.72 Å². The summed E-state index contributed by atoms with van der Waals surface area (Å²) in [6.07, 6.45) is -3.82. The highest BCUT2D eigenvalue weighted by Gasteiger charge is 2.66. The number of nitrogens with zero attached hydrogens (tertiary/aromatic N) is 1. The second kappa shape index (κ2) is 8.72. The molecule has 0 aromatic heterocycles. The molecule has 4 N–H and O–H groups in total. The van der Waals surface area contributed by atoms with E-state index in [1.165, 1.54) is 0 Å². The minimum atomic E-state index is -1.95. The Hall–Kier alpha value is -1.84. The molecule has 0 aliphatic carbocycles. The van der Waals surface area contributed by atoms with Crippen LogP contribution in [-0.4, -0.2) is 82.3 Å². The second-order valence-corrected chi connectivity index (χ2v) is 7.96. The molecular formula is C23H29NO6. The summed E-state index contributed by atoms with van der Waals surface area (Å²) in [7, 11) is 0. The molecule has 7 nitrogen and oxygen atoms in total. The van der Waals surface area contributed by atoms with E-state index in [1.807, 2.05) is 60.7 Å². The van der Waals surface area contributed by atoms with Gasteiger partial charge in [0.05, 0.1) is 19.8 Å². The zero-order valence-electron chi connectivity index (χ0n) is 16.8. The summed E-state index contributed by atoms with van der Waals surface area (Å²) >= 11 is 0. The van der Waals surface area contributed by atoms with Crippen molar-refractivity contribution in [2.45, 2.75) is 36.1 Å². The lowest BCUT2D eigenvalue weighted by Gasteiger charge is -2.60. The van der Waals surface area contributed by atoms with Crippen LogP contribution < -0.4 is 0 Å². The van der Waals surface area contributed by atoms with Gasteiger partial charge in [0.1, 0.15) is 23.9 Å². The third-order valence-electron chi connectivity index (χ3n) is 6.27. The topological polar surface area (TPSA) is 103 Å². The molecule has 2 fully saturated rings. The third kappa shape index (κ3) is 3.46. The number of morpholine rings is 1. The molecule has 4 rings (SSSR count).